The van der Waals surface area contributed by atoms with Crippen LogP contribution < -0.4 is 4.72 Å². The van der Waals surface area contributed by atoms with Gasteiger partial charge in [-0.1, -0.05) is 24.3 Å². The molecule has 1 aromatic carbocycles. The van der Waals surface area contributed by atoms with Crippen LogP contribution in [0.15, 0.2) is 24.3 Å². The molecule has 0 amide bonds. The summed E-state index contributed by atoms with van der Waals surface area (Å²) in [6, 6.07) is 8.13. The second-order valence-corrected chi connectivity index (χ2v) is 4.24. The summed E-state index contributed by atoms with van der Waals surface area (Å²) in [5, 5.41) is 0. The first kappa shape index (κ1) is 9.83. The smallest absolute Gasteiger partial charge is 0.232 e. The average molecular weight is 211 g/mol. The summed E-state index contributed by atoms with van der Waals surface area (Å²) >= 11 is -1.92. The fourth-order valence-corrected chi connectivity index (χ4v) is 2.49. The van der Waals surface area contributed by atoms with E-state index in [9.17, 15) is 4.21 Å². The molecule has 0 bridgehead atoms. The van der Waals surface area contributed by atoms with Gasteiger partial charge in [-0.3, -0.25) is 4.55 Å². The highest BCUT2D eigenvalue weighted by Gasteiger charge is 2.20. The van der Waals surface area contributed by atoms with E-state index in [-0.39, 0.29) is 6.04 Å². The molecule has 0 radical (unpaired) electrons. The molecule has 1 aliphatic rings. The van der Waals surface area contributed by atoms with Crippen LogP contribution in [0.25, 0.3) is 0 Å². The summed E-state index contributed by atoms with van der Waals surface area (Å²) in [6.07, 6.45) is 3.08. The van der Waals surface area contributed by atoms with E-state index in [4.69, 9.17) is 4.55 Å². The van der Waals surface area contributed by atoms with Crippen molar-refractivity contribution in [2.24, 2.45) is 0 Å². The molecular weight excluding hydrogens is 198 g/mol. The monoisotopic (exact) mass is 211 g/mol. The predicted octanol–water partition coefficient (Wildman–Crippen LogP) is 1.79. The Morgan fingerprint density at radius 1 is 1.43 bits per heavy atom. The lowest BCUT2D eigenvalue weighted by molar-refractivity contribution is 0.492. The summed E-state index contributed by atoms with van der Waals surface area (Å²) < 4.78 is 22.1. The maximum absolute atomic E-state index is 10.7. The Kier molecular flexibility index (Phi) is 2.96. The molecule has 0 fully saturated rings. The van der Waals surface area contributed by atoms with Gasteiger partial charge in [0.2, 0.25) is 11.3 Å². The summed E-state index contributed by atoms with van der Waals surface area (Å²) in [5.74, 6) is 0. The Hall–Kier alpha value is -0.710. The molecule has 1 aliphatic carbocycles. The Morgan fingerprint density at radius 2 is 2.21 bits per heavy atom. The van der Waals surface area contributed by atoms with Gasteiger partial charge in [-0.25, -0.2) is 8.93 Å². The summed E-state index contributed by atoms with van der Waals surface area (Å²) in [5.41, 5.74) is 2.46. The fourth-order valence-electron chi connectivity index (χ4n) is 2.00. The van der Waals surface area contributed by atoms with Gasteiger partial charge < -0.3 is 0 Å². The lowest BCUT2D eigenvalue weighted by Gasteiger charge is -2.24. The van der Waals surface area contributed by atoms with E-state index in [0.717, 1.165) is 19.3 Å². The molecule has 3 nitrogen and oxygen atoms in total. The van der Waals surface area contributed by atoms with Crippen LogP contribution in [0.5, 0.6) is 0 Å². The van der Waals surface area contributed by atoms with Gasteiger partial charge in [-0.05, 0) is 30.4 Å². The van der Waals surface area contributed by atoms with Crippen LogP contribution in [0.1, 0.15) is 30.0 Å². The van der Waals surface area contributed by atoms with Gasteiger partial charge in [0.15, 0.2) is 0 Å². The minimum Gasteiger partial charge on any atom is -0.294 e. The second kappa shape index (κ2) is 4.21. The van der Waals surface area contributed by atoms with Crippen LogP contribution in [0.4, 0.5) is 0 Å². The fraction of sp³-hybridized carbons (Fsp3) is 0.400. The zero-order valence-corrected chi connectivity index (χ0v) is 8.59. The first-order valence-electron chi connectivity index (χ1n) is 4.72. The SMILES string of the molecule is O=S(O)NC1CCCc2ccccc21. The first-order valence-corrected chi connectivity index (χ1v) is 5.83. The van der Waals surface area contributed by atoms with E-state index in [1.165, 1.54) is 11.1 Å². The Morgan fingerprint density at radius 3 is 3.00 bits per heavy atom. The van der Waals surface area contributed by atoms with Crippen molar-refractivity contribution in [3.8, 4) is 0 Å². The molecule has 0 saturated heterocycles. The Labute approximate surface area is 85.9 Å². The molecular formula is C10H13NO2S. The highest BCUT2D eigenvalue weighted by molar-refractivity contribution is 7.77. The molecule has 0 aliphatic heterocycles. The van der Waals surface area contributed by atoms with Crippen LogP contribution in [0.2, 0.25) is 0 Å². The van der Waals surface area contributed by atoms with Gasteiger partial charge in [0.1, 0.15) is 0 Å². The number of hydrogen-bond donors (Lipinski definition) is 2. The van der Waals surface area contributed by atoms with Crippen LogP contribution in [0, 0.1) is 0 Å². The van der Waals surface area contributed by atoms with Crippen molar-refractivity contribution in [1.82, 2.24) is 4.72 Å². The van der Waals surface area contributed by atoms with E-state index in [1.54, 1.807) is 0 Å². The van der Waals surface area contributed by atoms with Gasteiger partial charge in [-0.15, -0.1) is 0 Å². The summed E-state index contributed by atoms with van der Waals surface area (Å²) in [6.45, 7) is 0. The number of aryl methyl sites for hydroxylation is 1. The maximum atomic E-state index is 10.7. The first-order chi connectivity index (χ1) is 6.77. The third-order valence-corrected chi connectivity index (χ3v) is 3.10. The van der Waals surface area contributed by atoms with Gasteiger partial charge in [0, 0.05) is 6.04 Å². The summed E-state index contributed by atoms with van der Waals surface area (Å²) in [4.78, 5) is 0. The molecule has 2 atom stereocenters. The zero-order chi connectivity index (χ0) is 9.97. The summed E-state index contributed by atoms with van der Waals surface area (Å²) in [7, 11) is 0. The van der Waals surface area contributed by atoms with E-state index in [2.05, 4.69) is 10.8 Å². The molecule has 14 heavy (non-hydrogen) atoms. The van der Waals surface area contributed by atoms with E-state index in [1.807, 2.05) is 18.2 Å². The zero-order valence-electron chi connectivity index (χ0n) is 7.77. The average Bonchev–Trinajstić information content (AvgIpc) is 2.18. The van der Waals surface area contributed by atoms with Crippen molar-refractivity contribution in [2.75, 3.05) is 0 Å². The number of benzene rings is 1. The minimum absolute atomic E-state index is 0.0331. The van der Waals surface area contributed by atoms with E-state index >= 15 is 0 Å². The molecule has 1 aromatic rings. The number of fused-ring (bicyclic) bond motifs is 1. The molecule has 0 saturated carbocycles. The van der Waals surface area contributed by atoms with Crippen LogP contribution in [-0.4, -0.2) is 8.76 Å². The lowest BCUT2D eigenvalue weighted by atomic mass is 9.88. The third kappa shape index (κ3) is 2.03. The van der Waals surface area contributed by atoms with E-state index in [0.29, 0.717) is 0 Å². The largest absolute Gasteiger partial charge is 0.294 e. The molecule has 0 heterocycles. The lowest BCUT2D eigenvalue weighted by Crippen LogP contribution is -2.26. The third-order valence-electron chi connectivity index (χ3n) is 2.61. The van der Waals surface area contributed by atoms with Crippen LogP contribution in [-0.2, 0) is 17.7 Å². The highest BCUT2D eigenvalue weighted by atomic mass is 32.2. The number of nitrogens with one attached hydrogen (secondary N) is 1. The second-order valence-electron chi connectivity index (χ2n) is 3.51. The Bertz CT molecular complexity index is 354. The van der Waals surface area contributed by atoms with Gasteiger partial charge in [-0.2, -0.15) is 0 Å². The van der Waals surface area contributed by atoms with Crippen molar-refractivity contribution >= 4 is 11.3 Å². The normalized spacial score (nSPS) is 22.8. The predicted molar refractivity (Wildman–Crippen MR) is 56.0 cm³/mol. The molecule has 2 unspecified atom stereocenters. The van der Waals surface area contributed by atoms with Gasteiger partial charge in [0.25, 0.3) is 0 Å². The van der Waals surface area contributed by atoms with E-state index < -0.39 is 11.3 Å². The molecule has 2 N–H and O–H groups in total. The van der Waals surface area contributed by atoms with Crippen molar-refractivity contribution < 1.29 is 8.76 Å². The van der Waals surface area contributed by atoms with Crippen LogP contribution in [0.3, 0.4) is 0 Å². The van der Waals surface area contributed by atoms with Gasteiger partial charge >= 0.3 is 0 Å². The van der Waals surface area contributed by atoms with Crippen molar-refractivity contribution in [2.45, 2.75) is 25.3 Å². The van der Waals surface area contributed by atoms with Crippen molar-refractivity contribution in [3.05, 3.63) is 35.4 Å². The molecule has 2 rings (SSSR count). The quantitative estimate of drug-likeness (QED) is 0.733. The van der Waals surface area contributed by atoms with Crippen molar-refractivity contribution in [1.29, 1.82) is 0 Å². The minimum atomic E-state index is -1.92. The number of rotatable bonds is 2. The molecule has 0 spiro atoms. The Balaban J connectivity index is 2.26. The molecule has 76 valence electrons. The van der Waals surface area contributed by atoms with Gasteiger partial charge in [0.05, 0.1) is 0 Å². The van der Waals surface area contributed by atoms with Crippen LogP contribution >= 0.6 is 0 Å². The highest BCUT2D eigenvalue weighted by Crippen LogP contribution is 2.29. The maximum Gasteiger partial charge on any atom is 0.232 e. The standard InChI is InChI=1S/C10H13NO2S/c12-14(13)11-10-7-3-5-8-4-1-2-6-9(8)10/h1-2,4,6,10-11H,3,5,7H2,(H,12,13). The van der Waals surface area contributed by atoms with Crippen molar-refractivity contribution in [3.63, 3.8) is 0 Å². The number of hydrogen-bond acceptors (Lipinski definition) is 1. The molecule has 0 aromatic heterocycles. The molecule has 4 heteroatoms. The topological polar surface area (TPSA) is 49.3 Å².